The first-order valence-corrected chi connectivity index (χ1v) is 11.6. The summed E-state index contributed by atoms with van der Waals surface area (Å²) >= 11 is 0. The fraction of sp³-hybridized carbons (Fsp3) is 0.417. The summed E-state index contributed by atoms with van der Waals surface area (Å²) in [5.41, 5.74) is 2.46. The molecule has 3 aromatic rings. The first-order chi connectivity index (χ1) is 16.1. The van der Waals surface area contributed by atoms with E-state index in [9.17, 15) is 9.59 Å². The van der Waals surface area contributed by atoms with Crippen LogP contribution in [0.3, 0.4) is 0 Å². The van der Waals surface area contributed by atoms with E-state index in [4.69, 9.17) is 5.11 Å². The monoisotopic (exact) mass is 450 g/mol. The predicted octanol–water partition coefficient (Wildman–Crippen LogP) is 4.52. The minimum atomic E-state index is -1.02. The lowest BCUT2D eigenvalue weighted by molar-refractivity contribution is -0.117. The van der Waals surface area contributed by atoms with Gasteiger partial charge in [0.05, 0.1) is 0 Å². The van der Waals surface area contributed by atoms with Crippen LogP contribution >= 0.6 is 0 Å². The van der Waals surface area contributed by atoms with E-state index in [1.807, 2.05) is 41.1 Å². The number of aromatic nitrogens is 3. The van der Waals surface area contributed by atoms with Gasteiger partial charge in [-0.2, -0.15) is 4.98 Å². The zero-order valence-corrected chi connectivity index (χ0v) is 18.7. The molecule has 2 aliphatic rings. The van der Waals surface area contributed by atoms with Gasteiger partial charge in [0.2, 0.25) is 11.9 Å². The molecule has 1 aliphatic heterocycles. The average Bonchev–Trinajstić information content (AvgIpc) is 3.36. The number of hydrogen-bond donors (Lipinski definition) is 3. The highest BCUT2D eigenvalue weighted by Gasteiger charge is 2.21. The molecule has 1 saturated heterocycles. The Hall–Kier alpha value is -3.62. The van der Waals surface area contributed by atoms with Crippen LogP contribution in [0.25, 0.3) is 11.0 Å². The Bertz CT molecular complexity index is 1100. The van der Waals surface area contributed by atoms with Crippen LogP contribution in [-0.2, 0) is 11.3 Å². The van der Waals surface area contributed by atoms with Crippen molar-refractivity contribution < 1.29 is 14.7 Å². The first kappa shape index (κ1) is 22.6. The molecule has 174 valence electrons. The van der Waals surface area contributed by atoms with Gasteiger partial charge in [-0.3, -0.25) is 4.79 Å². The van der Waals surface area contributed by atoms with Gasteiger partial charge in [-0.1, -0.05) is 31.7 Å². The molecule has 1 aliphatic carbocycles. The molecule has 0 radical (unpaired) electrons. The zero-order chi connectivity index (χ0) is 23.0. The van der Waals surface area contributed by atoms with Crippen LogP contribution < -0.4 is 15.5 Å². The van der Waals surface area contributed by atoms with E-state index in [2.05, 4.69) is 20.6 Å². The van der Waals surface area contributed by atoms with Crippen molar-refractivity contribution in [3.05, 3.63) is 42.7 Å². The van der Waals surface area contributed by atoms with Gasteiger partial charge in [0.15, 0.2) is 0 Å². The second-order valence-corrected chi connectivity index (χ2v) is 8.31. The quantitative estimate of drug-likeness (QED) is 0.456. The first-order valence-electron chi connectivity index (χ1n) is 11.6. The Kier molecular flexibility index (Phi) is 7.39. The molecule has 0 unspecified atom stereocenters. The summed E-state index contributed by atoms with van der Waals surface area (Å²) in [5, 5.41) is 15.1. The van der Waals surface area contributed by atoms with Crippen molar-refractivity contribution in [1.82, 2.24) is 19.9 Å². The number of nitrogens with one attached hydrogen (secondary N) is 2. The summed E-state index contributed by atoms with van der Waals surface area (Å²) in [6.07, 6.45) is 10.8. The summed E-state index contributed by atoms with van der Waals surface area (Å²) in [4.78, 5) is 33.3. The van der Waals surface area contributed by atoms with E-state index in [0.29, 0.717) is 31.9 Å². The van der Waals surface area contributed by atoms with Crippen LogP contribution in [0.5, 0.6) is 0 Å². The van der Waals surface area contributed by atoms with Gasteiger partial charge in [-0.25, -0.2) is 9.78 Å². The number of aryl methyl sites for hydroxylation is 1. The molecule has 3 heterocycles. The maximum Gasteiger partial charge on any atom is 0.404 e. The fourth-order valence-electron chi connectivity index (χ4n) is 3.71. The van der Waals surface area contributed by atoms with Gasteiger partial charge in [0.1, 0.15) is 5.65 Å². The summed E-state index contributed by atoms with van der Waals surface area (Å²) in [6, 6.07) is 9.60. The lowest BCUT2D eigenvalue weighted by atomic mass is 10.0. The number of anilines is 3. The Labute approximate surface area is 192 Å². The topological polar surface area (TPSA) is 112 Å². The number of hydrogen-bond acceptors (Lipinski definition) is 5. The Morgan fingerprint density at radius 2 is 1.94 bits per heavy atom. The van der Waals surface area contributed by atoms with Crippen molar-refractivity contribution in [2.75, 3.05) is 23.3 Å². The van der Waals surface area contributed by atoms with Crippen molar-refractivity contribution in [2.24, 2.45) is 0 Å². The van der Waals surface area contributed by atoms with Crippen molar-refractivity contribution >= 4 is 40.4 Å². The van der Waals surface area contributed by atoms with Gasteiger partial charge in [0, 0.05) is 55.2 Å². The summed E-state index contributed by atoms with van der Waals surface area (Å²) in [6.45, 7) is 1.77. The third-order valence-electron chi connectivity index (χ3n) is 5.84. The van der Waals surface area contributed by atoms with Crippen LogP contribution in [0.1, 0.15) is 44.9 Å². The van der Waals surface area contributed by atoms with Crippen molar-refractivity contribution in [1.29, 1.82) is 0 Å². The Morgan fingerprint density at radius 3 is 2.64 bits per heavy atom. The average molecular weight is 451 g/mol. The molecule has 0 bridgehead atoms. The van der Waals surface area contributed by atoms with Gasteiger partial charge in [0.25, 0.3) is 0 Å². The second-order valence-electron chi connectivity index (χ2n) is 8.31. The number of amides is 2. The SMILES string of the molecule is C1CCC1.O=C(O)NCCCn1ccc2cnc(Nc3cccc(N4CCCC4=O)c3)nc21. The van der Waals surface area contributed by atoms with Crippen molar-refractivity contribution in [3.8, 4) is 0 Å². The number of carboxylic acid groups (broad SMARTS) is 1. The lowest BCUT2D eigenvalue weighted by Crippen LogP contribution is -2.23. The molecule has 2 aromatic heterocycles. The highest BCUT2D eigenvalue weighted by Crippen LogP contribution is 2.26. The predicted molar refractivity (Wildman–Crippen MR) is 128 cm³/mol. The summed E-state index contributed by atoms with van der Waals surface area (Å²) in [5.74, 6) is 0.612. The van der Waals surface area contributed by atoms with Gasteiger partial charge >= 0.3 is 6.09 Å². The largest absolute Gasteiger partial charge is 0.465 e. The van der Waals surface area contributed by atoms with E-state index >= 15 is 0 Å². The fourth-order valence-corrected chi connectivity index (χ4v) is 3.71. The molecular weight excluding hydrogens is 420 g/mol. The Morgan fingerprint density at radius 1 is 1.12 bits per heavy atom. The van der Waals surface area contributed by atoms with Crippen LogP contribution in [0.4, 0.5) is 22.1 Å². The highest BCUT2D eigenvalue weighted by molar-refractivity contribution is 5.95. The lowest BCUT2D eigenvalue weighted by Gasteiger charge is -2.16. The van der Waals surface area contributed by atoms with E-state index in [-0.39, 0.29) is 5.91 Å². The third kappa shape index (κ3) is 6.00. The van der Waals surface area contributed by atoms with Gasteiger partial charge in [-0.05, 0) is 37.1 Å². The van der Waals surface area contributed by atoms with E-state index in [1.54, 1.807) is 11.1 Å². The van der Waals surface area contributed by atoms with E-state index in [1.165, 1.54) is 25.7 Å². The number of carbonyl (C=O) groups excluding carboxylic acids is 1. The summed E-state index contributed by atoms with van der Waals surface area (Å²) < 4.78 is 1.98. The molecule has 2 fully saturated rings. The number of benzene rings is 1. The normalized spacial score (nSPS) is 15.0. The van der Waals surface area contributed by atoms with E-state index in [0.717, 1.165) is 35.4 Å². The van der Waals surface area contributed by atoms with Gasteiger partial charge in [-0.15, -0.1) is 0 Å². The molecule has 1 aromatic carbocycles. The standard InChI is InChI=1S/C20H22N6O3.C4H8/c27-17-6-2-10-26(17)16-5-1-4-15(12-16)23-19-22-13-14-7-11-25(18(14)24-19)9-3-8-21-20(28)29;1-2-4-3-1/h1,4-5,7,11-13,21H,2-3,6,8-10H2,(H,28,29)(H,22,23,24);1-4H2. The minimum Gasteiger partial charge on any atom is -0.465 e. The molecule has 33 heavy (non-hydrogen) atoms. The third-order valence-corrected chi connectivity index (χ3v) is 5.84. The van der Waals surface area contributed by atoms with Crippen LogP contribution in [0.15, 0.2) is 42.7 Å². The molecule has 1 saturated carbocycles. The van der Waals surface area contributed by atoms with Crippen molar-refractivity contribution in [2.45, 2.75) is 51.5 Å². The maximum atomic E-state index is 12.0. The second kappa shape index (κ2) is 10.8. The molecule has 9 heteroatoms. The summed E-state index contributed by atoms with van der Waals surface area (Å²) in [7, 11) is 0. The molecular formula is C24H30N6O3. The number of rotatable bonds is 7. The molecule has 3 N–H and O–H groups in total. The maximum absolute atomic E-state index is 12.0. The molecule has 0 spiro atoms. The van der Waals surface area contributed by atoms with Gasteiger partial charge < -0.3 is 25.2 Å². The Balaban J connectivity index is 0.000000586. The number of nitrogens with zero attached hydrogens (tertiary/aromatic N) is 4. The zero-order valence-electron chi connectivity index (χ0n) is 18.7. The smallest absolute Gasteiger partial charge is 0.404 e. The number of carbonyl (C=O) groups is 2. The van der Waals surface area contributed by atoms with Crippen LogP contribution in [-0.4, -0.2) is 44.7 Å². The molecule has 9 nitrogen and oxygen atoms in total. The molecule has 2 amide bonds. The van der Waals surface area contributed by atoms with Crippen LogP contribution in [0.2, 0.25) is 0 Å². The van der Waals surface area contributed by atoms with E-state index < -0.39 is 6.09 Å². The van der Waals surface area contributed by atoms with Crippen LogP contribution in [0, 0.1) is 0 Å². The highest BCUT2D eigenvalue weighted by atomic mass is 16.4. The number of fused-ring (bicyclic) bond motifs is 1. The molecule has 0 atom stereocenters. The minimum absolute atomic E-state index is 0.148. The molecule has 5 rings (SSSR count). The van der Waals surface area contributed by atoms with Crippen molar-refractivity contribution in [3.63, 3.8) is 0 Å².